The summed E-state index contributed by atoms with van der Waals surface area (Å²) in [4.78, 5) is 28.1. The first-order chi connectivity index (χ1) is 11.1. The number of carbonyl (C=O) groups is 2. The molecule has 0 saturated heterocycles. The minimum atomic E-state index is -0.469. The number of fused-ring (bicyclic) bond motifs is 1. The Bertz CT molecular complexity index is 867. The number of pyridine rings is 1. The molecule has 3 aromatic rings. The summed E-state index contributed by atoms with van der Waals surface area (Å²) >= 11 is 0. The fourth-order valence-electron chi connectivity index (χ4n) is 2.16. The summed E-state index contributed by atoms with van der Waals surface area (Å²) in [5, 5.41) is 9.75. The summed E-state index contributed by atoms with van der Waals surface area (Å²) in [5.41, 5.74) is 1.24. The SMILES string of the molecule is Cc1cc(NC(=O)CC(=O)Nc2cccc3cccnc23)no1. The van der Waals surface area contributed by atoms with Crippen LogP contribution in [0.5, 0.6) is 0 Å². The second-order valence-electron chi connectivity index (χ2n) is 4.98. The molecule has 0 aliphatic rings. The van der Waals surface area contributed by atoms with Crippen LogP contribution in [0.3, 0.4) is 0 Å². The molecule has 23 heavy (non-hydrogen) atoms. The predicted molar refractivity (Wildman–Crippen MR) is 84.9 cm³/mol. The Labute approximate surface area is 131 Å². The van der Waals surface area contributed by atoms with E-state index in [1.165, 1.54) is 0 Å². The van der Waals surface area contributed by atoms with Gasteiger partial charge in [-0.3, -0.25) is 14.6 Å². The van der Waals surface area contributed by atoms with Crippen molar-refractivity contribution in [3.05, 3.63) is 48.4 Å². The lowest BCUT2D eigenvalue weighted by atomic mass is 10.2. The average molecular weight is 310 g/mol. The van der Waals surface area contributed by atoms with Crippen LogP contribution in [0.4, 0.5) is 11.5 Å². The van der Waals surface area contributed by atoms with Gasteiger partial charge in [-0.25, -0.2) is 0 Å². The number of aromatic nitrogens is 2. The van der Waals surface area contributed by atoms with E-state index in [2.05, 4.69) is 20.8 Å². The molecule has 7 nitrogen and oxygen atoms in total. The van der Waals surface area contributed by atoms with Crippen LogP contribution in [0.25, 0.3) is 10.9 Å². The van der Waals surface area contributed by atoms with E-state index in [4.69, 9.17) is 4.52 Å². The number of rotatable bonds is 4. The molecular formula is C16H14N4O3. The molecule has 116 valence electrons. The van der Waals surface area contributed by atoms with Crippen LogP contribution >= 0.6 is 0 Å². The minimum Gasteiger partial charge on any atom is -0.360 e. The number of para-hydroxylation sites is 1. The van der Waals surface area contributed by atoms with E-state index >= 15 is 0 Å². The molecule has 3 rings (SSSR count). The normalized spacial score (nSPS) is 10.5. The smallest absolute Gasteiger partial charge is 0.235 e. The molecule has 0 radical (unpaired) electrons. The van der Waals surface area contributed by atoms with Gasteiger partial charge >= 0.3 is 0 Å². The van der Waals surface area contributed by atoms with Crippen molar-refractivity contribution in [2.24, 2.45) is 0 Å². The summed E-state index contributed by atoms with van der Waals surface area (Å²) in [6.45, 7) is 1.71. The molecule has 0 fully saturated rings. The van der Waals surface area contributed by atoms with Gasteiger partial charge in [-0.05, 0) is 19.1 Å². The van der Waals surface area contributed by atoms with Crippen LogP contribution in [0.15, 0.2) is 47.1 Å². The van der Waals surface area contributed by atoms with Crippen molar-refractivity contribution < 1.29 is 14.1 Å². The Morgan fingerprint density at radius 1 is 1.13 bits per heavy atom. The molecule has 0 unspecified atom stereocenters. The second-order valence-corrected chi connectivity index (χ2v) is 4.98. The van der Waals surface area contributed by atoms with Crippen molar-refractivity contribution in [2.45, 2.75) is 13.3 Å². The maximum absolute atomic E-state index is 12.0. The summed E-state index contributed by atoms with van der Waals surface area (Å²) in [6.07, 6.45) is 1.33. The molecule has 7 heteroatoms. The highest BCUT2D eigenvalue weighted by molar-refractivity contribution is 6.10. The number of benzene rings is 1. The van der Waals surface area contributed by atoms with Crippen molar-refractivity contribution in [1.29, 1.82) is 0 Å². The second kappa shape index (κ2) is 6.27. The van der Waals surface area contributed by atoms with Crippen molar-refractivity contribution in [2.75, 3.05) is 10.6 Å². The third-order valence-corrected chi connectivity index (χ3v) is 3.12. The quantitative estimate of drug-likeness (QED) is 0.722. The third kappa shape index (κ3) is 3.52. The van der Waals surface area contributed by atoms with Crippen molar-refractivity contribution in [3.63, 3.8) is 0 Å². The molecule has 0 bridgehead atoms. The molecule has 2 aromatic heterocycles. The van der Waals surface area contributed by atoms with E-state index in [1.807, 2.05) is 24.3 Å². The van der Waals surface area contributed by atoms with Crippen LogP contribution in [0, 0.1) is 6.92 Å². The molecule has 0 spiro atoms. The lowest BCUT2D eigenvalue weighted by molar-refractivity contribution is -0.123. The Hall–Kier alpha value is -3.22. The zero-order valence-electron chi connectivity index (χ0n) is 12.4. The minimum absolute atomic E-state index is 0.284. The third-order valence-electron chi connectivity index (χ3n) is 3.12. The highest BCUT2D eigenvalue weighted by Gasteiger charge is 2.13. The van der Waals surface area contributed by atoms with E-state index in [-0.39, 0.29) is 12.2 Å². The molecule has 0 aliphatic carbocycles. The summed E-state index contributed by atoms with van der Waals surface area (Å²) < 4.78 is 4.84. The summed E-state index contributed by atoms with van der Waals surface area (Å²) in [5.74, 6) is -0.0384. The van der Waals surface area contributed by atoms with Crippen molar-refractivity contribution >= 4 is 34.2 Å². The number of nitrogens with zero attached hydrogens (tertiary/aromatic N) is 2. The number of amides is 2. The van der Waals surface area contributed by atoms with E-state index < -0.39 is 11.8 Å². The predicted octanol–water partition coefficient (Wildman–Crippen LogP) is 2.50. The number of hydrogen-bond acceptors (Lipinski definition) is 5. The van der Waals surface area contributed by atoms with E-state index in [0.29, 0.717) is 17.0 Å². The van der Waals surface area contributed by atoms with Gasteiger partial charge in [0, 0.05) is 17.6 Å². The Morgan fingerprint density at radius 3 is 2.70 bits per heavy atom. The lowest BCUT2D eigenvalue weighted by Crippen LogP contribution is -2.21. The number of nitrogens with one attached hydrogen (secondary N) is 2. The van der Waals surface area contributed by atoms with Gasteiger partial charge in [-0.15, -0.1) is 0 Å². The fraction of sp³-hybridized carbons (Fsp3) is 0.125. The van der Waals surface area contributed by atoms with Gasteiger partial charge in [0.2, 0.25) is 11.8 Å². The standard InChI is InChI=1S/C16H14N4O3/c1-10-8-13(20-23-10)19-15(22)9-14(21)18-12-6-2-4-11-5-3-7-17-16(11)12/h2-8H,9H2,1H3,(H,18,21)(H,19,20,22). The number of carbonyl (C=O) groups excluding carboxylic acids is 2. The van der Waals surface area contributed by atoms with E-state index in [9.17, 15) is 9.59 Å². The highest BCUT2D eigenvalue weighted by Crippen LogP contribution is 2.20. The van der Waals surface area contributed by atoms with Gasteiger partial charge in [0.15, 0.2) is 5.82 Å². The van der Waals surface area contributed by atoms with Crippen LogP contribution in [0.2, 0.25) is 0 Å². The summed E-state index contributed by atoms with van der Waals surface area (Å²) in [7, 11) is 0. The molecule has 2 amide bonds. The first-order valence-electron chi connectivity index (χ1n) is 6.98. The van der Waals surface area contributed by atoms with Crippen LogP contribution in [-0.4, -0.2) is 22.0 Å². The number of anilines is 2. The molecule has 0 aliphatic heterocycles. The van der Waals surface area contributed by atoms with Gasteiger partial charge in [0.05, 0.1) is 11.2 Å². The van der Waals surface area contributed by atoms with Crippen molar-refractivity contribution in [1.82, 2.24) is 10.1 Å². The van der Waals surface area contributed by atoms with Crippen LogP contribution in [-0.2, 0) is 9.59 Å². The Kier molecular flexibility index (Phi) is 4.01. The highest BCUT2D eigenvalue weighted by atomic mass is 16.5. The van der Waals surface area contributed by atoms with E-state index in [1.54, 1.807) is 25.3 Å². The van der Waals surface area contributed by atoms with E-state index in [0.717, 1.165) is 5.39 Å². The largest absolute Gasteiger partial charge is 0.360 e. The average Bonchev–Trinajstić information content (AvgIpc) is 2.92. The number of aryl methyl sites for hydroxylation is 1. The zero-order valence-corrected chi connectivity index (χ0v) is 12.4. The Balaban J connectivity index is 1.65. The summed E-state index contributed by atoms with van der Waals surface area (Å²) in [6, 6.07) is 10.8. The van der Waals surface area contributed by atoms with Crippen molar-refractivity contribution in [3.8, 4) is 0 Å². The molecular weight excluding hydrogens is 296 g/mol. The van der Waals surface area contributed by atoms with Gasteiger partial charge < -0.3 is 15.2 Å². The molecule has 1 aromatic carbocycles. The van der Waals surface area contributed by atoms with Crippen LogP contribution in [0.1, 0.15) is 12.2 Å². The number of hydrogen-bond donors (Lipinski definition) is 2. The topological polar surface area (TPSA) is 97.1 Å². The van der Waals surface area contributed by atoms with Gasteiger partial charge in [0.1, 0.15) is 12.2 Å². The fourth-order valence-corrected chi connectivity index (χ4v) is 2.16. The monoisotopic (exact) mass is 310 g/mol. The molecule has 2 heterocycles. The maximum Gasteiger partial charge on any atom is 0.235 e. The van der Waals surface area contributed by atoms with Gasteiger partial charge in [0.25, 0.3) is 0 Å². The van der Waals surface area contributed by atoms with Crippen LogP contribution < -0.4 is 10.6 Å². The Morgan fingerprint density at radius 2 is 1.91 bits per heavy atom. The molecule has 2 N–H and O–H groups in total. The lowest BCUT2D eigenvalue weighted by Gasteiger charge is -2.07. The first-order valence-corrected chi connectivity index (χ1v) is 6.98. The van der Waals surface area contributed by atoms with Gasteiger partial charge in [-0.2, -0.15) is 0 Å². The van der Waals surface area contributed by atoms with Gasteiger partial charge in [-0.1, -0.05) is 23.4 Å². The molecule has 0 saturated carbocycles. The molecule has 0 atom stereocenters. The maximum atomic E-state index is 12.0. The first kappa shape index (κ1) is 14.7. The zero-order chi connectivity index (χ0) is 16.2.